The molecule has 0 heterocycles. The molecule has 2 atom stereocenters. The molecule has 2 aromatic rings. The second kappa shape index (κ2) is 16.9. The summed E-state index contributed by atoms with van der Waals surface area (Å²) in [4.78, 5) is 41.2. The molecular formula is C34H52N4O3S2. The van der Waals surface area contributed by atoms with Gasteiger partial charge in [-0.05, 0) is 74.0 Å². The number of hydrogen-bond donors (Lipinski definition) is 4. The summed E-state index contributed by atoms with van der Waals surface area (Å²) in [6.07, 6.45) is 0. The van der Waals surface area contributed by atoms with Crippen LogP contribution >= 0.6 is 24.6 Å². The molecule has 0 aliphatic rings. The van der Waals surface area contributed by atoms with Crippen molar-refractivity contribution in [1.29, 1.82) is 0 Å². The molecule has 0 saturated heterocycles. The van der Waals surface area contributed by atoms with E-state index >= 15 is 0 Å². The monoisotopic (exact) mass is 628 g/mol. The Morgan fingerprint density at radius 2 is 1.58 bits per heavy atom. The van der Waals surface area contributed by atoms with Gasteiger partial charge >= 0.3 is 0 Å². The highest BCUT2D eigenvalue weighted by Gasteiger charge is 2.40. The molecule has 2 aromatic carbocycles. The van der Waals surface area contributed by atoms with Gasteiger partial charge in [-0.3, -0.25) is 19.1 Å². The second-order valence-corrected chi connectivity index (χ2v) is 14.4. The van der Waals surface area contributed by atoms with E-state index in [9.17, 15) is 14.4 Å². The van der Waals surface area contributed by atoms with Gasteiger partial charge in [-0.2, -0.15) is 0 Å². The highest BCUT2D eigenvalue weighted by Crippen LogP contribution is 2.30. The van der Waals surface area contributed by atoms with Gasteiger partial charge < -0.3 is 15.5 Å². The second-order valence-electron chi connectivity index (χ2n) is 13.0. The lowest BCUT2D eigenvalue weighted by atomic mass is 9.76. The number of nitrogens with one attached hydrogen (secondary N) is 3. The zero-order valence-electron chi connectivity index (χ0n) is 27.8. The number of nitrogens with zero attached hydrogens (tertiary/aromatic N) is 1. The van der Waals surface area contributed by atoms with Crippen molar-refractivity contribution >= 4 is 42.3 Å². The van der Waals surface area contributed by atoms with Crippen LogP contribution in [0.4, 0.5) is 0 Å². The first-order chi connectivity index (χ1) is 19.8. The molecule has 0 bridgehead atoms. The zero-order chi connectivity index (χ0) is 33.1. The summed E-state index contributed by atoms with van der Waals surface area (Å²) in [5.41, 5.74) is 1.83. The third-order valence-electron chi connectivity index (χ3n) is 6.95. The molecule has 3 amide bonds. The van der Waals surface area contributed by atoms with E-state index in [0.29, 0.717) is 18.0 Å². The first kappa shape index (κ1) is 38.3. The molecule has 0 saturated carbocycles. The number of benzene rings is 2. The molecule has 0 aliphatic heterocycles. The van der Waals surface area contributed by atoms with Crippen molar-refractivity contribution < 1.29 is 14.4 Å². The summed E-state index contributed by atoms with van der Waals surface area (Å²) in [6.45, 7) is 22.0. The predicted molar refractivity (Wildman–Crippen MR) is 183 cm³/mol. The molecule has 0 spiro atoms. The zero-order valence-corrected chi connectivity index (χ0v) is 29.5. The Morgan fingerprint density at radius 3 is 2.05 bits per heavy atom. The highest BCUT2D eigenvalue weighted by atomic mass is 32.2. The first-order valence-electron chi connectivity index (χ1n) is 14.5. The number of likely N-dealkylation sites (N-methyl/N-ethyl adjacent to an activating group) is 2. The molecule has 7 nitrogen and oxygen atoms in total. The number of carbonyl (C=O) groups excluding carboxylic acids is 3. The Labute approximate surface area is 269 Å². The van der Waals surface area contributed by atoms with Crippen LogP contribution in [-0.2, 0) is 19.8 Å². The van der Waals surface area contributed by atoms with Crippen molar-refractivity contribution in [2.45, 2.75) is 89.6 Å². The minimum atomic E-state index is -0.610. The van der Waals surface area contributed by atoms with Crippen LogP contribution < -0.4 is 15.4 Å². The molecule has 0 aliphatic carbocycles. The number of rotatable bonds is 11. The maximum absolute atomic E-state index is 13.3. The van der Waals surface area contributed by atoms with Gasteiger partial charge in [0.25, 0.3) is 5.91 Å². The third kappa shape index (κ3) is 12.4. The minimum Gasteiger partial charge on any atom is -0.344 e. The predicted octanol–water partition coefficient (Wildman–Crippen LogP) is 6.18. The van der Waals surface area contributed by atoms with Crippen LogP contribution in [0.1, 0.15) is 66.5 Å². The van der Waals surface area contributed by atoms with Crippen molar-refractivity contribution in [3.8, 4) is 0 Å². The van der Waals surface area contributed by atoms with Crippen LogP contribution in [0.3, 0.4) is 0 Å². The molecule has 43 heavy (non-hydrogen) atoms. The SMILES string of the molecule is C=C(C)C(=O)NSc1ccc(C)cc1.CNC(C(=O)NC(C(=O)N(C)CC(C)C)C(C)(C)C)C(C)(C)c1cccc(S)c1. The van der Waals surface area contributed by atoms with Crippen LogP contribution in [0.15, 0.2) is 70.5 Å². The number of aryl methyl sites for hydroxylation is 1. The van der Waals surface area contributed by atoms with E-state index in [1.807, 2.05) is 90.1 Å². The quantitative estimate of drug-likeness (QED) is 0.136. The number of carbonyl (C=O) groups is 3. The lowest BCUT2D eigenvalue weighted by molar-refractivity contribution is -0.139. The summed E-state index contributed by atoms with van der Waals surface area (Å²) < 4.78 is 2.70. The summed E-state index contributed by atoms with van der Waals surface area (Å²) in [6, 6.07) is 14.7. The number of thiol groups is 1. The standard InChI is InChI=1S/C23H39N3O2S.C11H13NOS/c1-15(2)14-26(9)21(28)19(22(3,4)5)25-20(27)18(24-8)23(6,7)16-11-10-12-17(29)13-16;1-8(2)11(13)12-14-10-6-4-9(3)5-7-10/h10-13,15,18-19,24,29H,14H2,1-9H3,(H,25,27);4-7H,1H2,2-3H3,(H,12,13). The van der Waals surface area contributed by atoms with E-state index in [-0.39, 0.29) is 17.7 Å². The Hall–Kier alpha value is -2.75. The first-order valence-corrected chi connectivity index (χ1v) is 15.8. The van der Waals surface area contributed by atoms with E-state index in [1.54, 1.807) is 25.9 Å². The van der Waals surface area contributed by atoms with E-state index in [0.717, 1.165) is 15.4 Å². The van der Waals surface area contributed by atoms with Crippen molar-refractivity contribution in [3.63, 3.8) is 0 Å². The van der Waals surface area contributed by atoms with Crippen molar-refractivity contribution in [3.05, 3.63) is 71.8 Å². The normalized spacial score (nSPS) is 12.9. The van der Waals surface area contributed by atoms with Crippen molar-refractivity contribution in [1.82, 2.24) is 20.3 Å². The fourth-order valence-electron chi connectivity index (χ4n) is 4.42. The maximum Gasteiger partial charge on any atom is 0.256 e. The van der Waals surface area contributed by atoms with Gasteiger partial charge in [-0.1, -0.05) is 84.9 Å². The number of amides is 3. The van der Waals surface area contributed by atoms with E-state index in [1.165, 1.54) is 17.5 Å². The molecule has 9 heteroatoms. The Kier molecular flexibility index (Phi) is 15.1. The summed E-state index contributed by atoms with van der Waals surface area (Å²) in [7, 11) is 3.57. The fraction of sp³-hybridized carbons (Fsp3) is 0.500. The van der Waals surface area contributed by atoms with E-state index in [2.05, 4.69) is 48.4 Å². The lowest BCUT2D eigenvalue weighted by Crippen LogP contribution is -2.61. The minimum absolute atomic E-state index is 0.0652. The van der Waals surface area contributed by atoms with Crippen LogP contribution in [-0.4, -0.2) is 55.3 Å². The fourth-order valence-corrected chi connectivity index (χ4v) is 5.31. The van der Waals surface area contributed by atoms with Gasteiger partial charge in [0.05, 0.1) is 6.04 Å². The van der Waals surface area contributed by atoms with Crippen LogP contribution in [0.2, 0.25) is 0 Å². The molecule has 0 fully saturated rings. The Bertz CT molecular complexity index is 1240. The molecule has 2 unspecified atom stereocenters. The molecule has 0 radical (unpaired) electrons. The Balaban J connectivity index is 0.000000549. The summed E-state index contributed by atoms with van der Waals surface area (Å²) in [5.74, 6) is -0.0220. The van der Waals surface area contributed by atoms with Crippen LogP contribution in [0, 0.1) is 18.3 Å². The molecule has 2 rings (SSSR count). The van der Waals surface area contributed by atoms with E-state index < -0.39 is 22.9 Å². The van der Waals surface area contributed by atoms with Crippen LogP contribution in [0.25, 0.3) is 0 Å². The van der Waals surface area contributed by atoms with Gasteiger partial charge in [-0.25, -0.2) is 0 Å². The topological polar surface area (TPSA) is 90.5 Å². The van der Waals surface area contributed by atoms with Gasteiger partial charge in [0, 0.05) is 34.4 Å². The van der Waals surface area contributed by atoms with Crippen molar-refractivity contribution in [2.24, 2.45) is 11.3 Å². The highest BCUT2D eigenvalue weighted by molar-refractivity contribution is 7.98. The summed E-state index contributed by atoms with van der Waals surface area (Å²) in [5, 5.41) is 6.20. The van der Waals surface area contributed by atoms with Gasteiger partial charge in [0.15, 0.2) is 0 Å². The molecule has 0 aromatic heterocycles. The number of hydrogen-bond acceptors (Lipinski definition) is 6. The third-order valence-corrected chi connectivity index (χ3v) is 8.02. The average Bonchev–Trinajstić information content (AvgIpc) is 2.90. The lowest BCUT2D eigenvalue weighted by Gasteiger charge is -2.38. The molecule has 3 N–H and O–H groups in total. The maximum atomic E-state index is 13.3. The largest absolute Gasteiger partial charge is 0.344 e. The van der Waals surface area contributed by atoms with Crippen LogP contribution in [0.5, 0.6) is 0 Å². The average molecular weight is 629 g/mol. The van der Waals surface area contributed by atoms with Gasteiger partial charge in [-0.15, -0.1) is 12.6 Å². The summed E-state index contributed by atoms with van der Waals surface area (Å²) >= 11 is 5.74. The van der Waals surface area contributed by atoms with Gasteiger partial charge in [0.2, 0.25) is 11.8 Å². The van der Waals surface area contributed by atoms with Gasteiger partial charge in [0.1, 0.15) is 6.04 Å². The van der Waals surface area contributed by atoms with Crippen molar-refractivity contribution in [2.75, 3.05) is 20.6 Å². The van der Waals surface area contributed by atoms with E-state index in [4.69, 9.17) is 0 Å². The Morgan fingerprint density at radius 1 is 1.00 bits per heavy atom. The smallest absolute Gasteiger partial charge is 0.256 e. The molecular weight excluding hydrogens is 577 g/mol. The molecule has 238 valence electrons.